The summed E-state index contributed by atoms with van der Waals surface area (Å²) in [5.74, 6) is 1.47. The summed E-state index contributed by atoms with van der Waals surface area (Å²) in [4.78, 5) is 4.10. The van der Waals surface area contributed by atoms with Gasteiger partial charge >= 0.3 is 0 Å². The summed E-state index contributed by atoms with van der Waals surface area (Å²) in [5, 5.41) is 1.99. The van der Waals surface area contributed by atoms with Gasteiger partial charge in [-0.15, -0.1) is 0 Å². The summed E-state index contributed by atoms with van der Waals surface area (Å²) < 4.78 is 5.91. The molecule has 2 rings (SSSR count). The number of rotatable bonds is 5. The average Bonchev–Trinajstić information content (AvgIpc) is 2.39. The van der Waals surface area contributed by atoms with Crippen molar-refractivity contribution < 1.29 is 4.74 Å². The highest BCUT2D eigenvalue weighted by Gasteiger charge is 2.07. The number of aromatic nitrogens is 1. The van der Waals surface area contributed by atoms with Crippen molar-refractivity contribution >= 4 is 16.5 Å². The van der Waals surface area contributed by atoms with Gasteiger partial charge in [-0.05, 0) is 30.5 Å². The first-order valence-electron chi connectivity index (χ1n) is 6.47. The zero-order valence-corrected chi connectivity index (χ0v) is 11.0. The molecule has 1 aromatic carbocycles. The van der Waals surface area contributed by atoms with Crippen molar-refractivity contribution in [3.05, 3.63) is 30.6 Å². The molecule has 0 saturated heterocycles. The van der Waals surface area contributed by atoms with Crippen LogP contribution in [0.4, 0.5) is 5.69 Å². The molecule has 0 bridgehead atoms. The number of nitrogen functional groups attached to an aromatic ring is 1. The number of nitrogens with zero attached hydrogens (tertiary/aromatic N) is 1. The largest absolute Gasteiger partial charge is 0.493 e. The molecule has 0 aliphatic rings. The standard InChI is InChI=1S/C15H20N2O/c1-3-4-11(2)10-18-15-6-5-14(16)13-9-17-8-7-12(13)15/h5-9,11H,3-4,10,16H2,1-2H3. The monoisotopic (exact) mass is 244 g/mol. The number of anilines is 1. The molecule has 96 valence electrons. The minimum Gasteiger partial charge on any atom is -0.493 e. The fourth-order valence-electron chi connectivity index (χ4n) is 2.12. The molecular formula is C15H20N2O. The predicted molar refractivity (Wildman–Crippen MR) is 75.7 cm³/mol. The lowest BCUT2D eigenvalue weighted by Crippen LogP contribution is -2.08. The first-order chi connectivity index (χ1) is 8.72. The zero-order chi connectivity index (χ0) is 13.0. The second kappa shape index (κ2) is 5.71. The molecule has 1 unspecified atom stereocenters. The summed E-state index contributed by atoms with van der Waals surface area (Å²) in [6.45, 7) is 5.15. The second-order valence-electron chi connectivity index (χ2n) is 4.78. The van der Waals surface area contributed by atoms with Gasteiger partial charge in [0.1, 0.15) is 5.75 Å². The van der Waals surface area contributed by atoms with Gasteiger partial charge in [-0.1, -0.05) is 20.3 Å². The van der Waals surface area contributed by atoms with Crippen LogP contribution in [0.5, 0.6) is 5.75 Å². The normalized spacial score (nSPS) is 12.6. The second-order valence-corrected chi connectivity index (χ2v) is 4.78. The van der Waals surface area contributed by atoms with Gasteiger partial charge in [0, 0.05) is 28.9 Å². The molecule has 1 aromatic heterocycles. The maximum Gasteiger partial charge on any atom is 0.127 e. The van der Waals surface area contributed by atoms with Gasteiger partial charge in [0.25, 0.3) is 0 Å². The number of fused-ring (bicyclic) bond motifs is 1. The number of ether oxygens (including phenoxy) is 1. The Hall–Kier alpha value is -1.77. The first-order valence-corrected chi connectivity index (χ1v) is 6.47. The minimum absolute atomic E-state index is 0.574. The summed E-state index contributed by atoms with van der Waals surface area (Å²) in [6, 6.07) is 5.77. The Morgan fingerprint density at radius 1 is 1.28 bits per heavy atom. The van der Waals surface area contributed by atoms with Crippen LogP contribution in [-0.4, -0.2) is 11.6 Å². The summed E-state index contributed by atoms with van der Waals surface area (Å²) in [5.41, 5.74) is 6.68. The number of benzene rings is 1. The number of pyridine rings is 1. The summed E-state index contributed by atoms with van der Waals surface area (Å²) >= 11 is 0. The molecule has 18 heavy (non-hydrogen) atoms. The van der Waals surface area contributed by atoms with Crippen molar-refractivity contribution in [1.29, 1.82) is 0 Å². The van der Waals surface area contributed by atoms with Gasteiger partial charge in [0.2, 0.25) is 0 Å². The van der Waals surface area contributed by atoms with E-state index >= 15 is 0 Å². The van der Waals surface area contributed by atoms with Gasteiger partial charge in [-0.3, -0.25) is 4.98 Å². The van der Waals surface area contributed by atoms with Crippen LogP contribution >= 0.6 is 0 Å². The molecule has 2 N–H and O–H groups in total. The van der Waals surface area contributed by atoms with Crippen molar-refractivity contribution in [2.75, 3.05) is 12.3 Å². The molecule has 0 radical (unpaired) electrons. The van der Waals surface area contributed by atoms with Crippen LogP contribution < -0.4 is 10.5 Å². The maximum absolute atomic E-state index is 5.93. The van der Waals surface area contributed by atoms with Gasteiger partial charge in [-0.25, -0.2) is 0 Å². The molecule has 2 aromatic rings. The molecule has 0 spiro atoms. The van der Waals surface area contributed by atoms with Crippen LogP contribution in [0, 0.1) is 5.92 Å². The molecule has 3 nitrogen and oxygen atoms in total. The number of hydrogen-bond donors (Lipinski definition) is 1. The van der Waals surface area contributed by atoms with E-state index in [1.165, 1.54) is 12.8 Å². The van der Waals surface area contributed by atoms with E-state index in [1.807, 2.05) is 18.2 Å². The van der Waals surface area contributed by atoms with Crippen LogP contribution in [-0.2, 0) is 0 Å². The van der Waals surface area contributed by atoms with E-state index in [2.05, 4.69) is 18.8 Å². The van der Waals surface area contributed by atoms with Gasteiger partial charge in [0.05, 0.1) is 6.61 Å². The van der Waals surface area contributed by atoms with Gasteiger partial charge in [-0.2, -0.15) is 0 Å². The van der Waals surface area contributed by atoms with E-state index in [9.17, 15) is 0 Å². The Balaban J connectivity index is 2.21. The minimum atomic E-state index is 0.574. The fraction of sp³-hybridized carbons (Fsp3) is 0.400. The quantitative estimate of drug-likeness (QED) is 0.817. The predicted octanol–water partition coefficient (Wildman–Crippen LogP) is 3.63. The Labute approximate surface area is 108 Å². The van der Waals surface area contributed by atoms with Crippen molar-refractivity contribution in [2.45, 2.75) is 26.7 Å². The number of hydrogen-bond acceptors (Lipinski definition) is 3. The highest BCUT2D eigenvalue weighted by Crippen LogP contribution is 2.29. The van der Waals surface area contributed by atoms with Crippen LogP contribution in [0.15, 0.2) is 30.6 Å². The van der Waals surface area contributed by atoms with Crippen molar-refractivity contribution in [2.24, 2.45) is 5.92 Å². The molecule has 1 atom stereocenters. The zero-order valence-electron chi connectivity index (χ0n) is 11.0. The Morgan fingerprint density at radius 3 is 2.89 bits per heavy atom. The van der Waals surface area contributed by atoms with Crippen LogP contribution in [0.25, 0.3) is 10.8 Å². The van der Waals surface area contributed by atoms with Gasteiger partial charge in [0.15, 0.2) is 0 Å². The van der Waals surface area contributed by atoms with E-state index in [1.54, 1.807) is 12.4 Å². The molecule has 0 aliphatic carbocycles. The smallest absolute Gasteiger partial charge is 0.127 e. The van der Waals surface area contributed by atoms with Gasteiger partial charge < -0.3 is 10.5 Å². The van der Waals surface area contributed by atoms with Crippen LogP contribution in [0.1, 0.15) is 26.7 Å². The molecule has 0 fully saturated rings. The van der Waals surface area contributed by atoms with Crippen LogP contribution in [0.3, 0.4) is 0 Å². The van der Waals surface area contributed by atoms with Crippen LogP contribution in [0.2, 0.25) is 0 Å². The highest BCUT2D eigenvalue weighted by atomic mass is 16.5. The van der Waals surface area contributed by atoms with Crippen molar-refractivity contribution in [3.63, 3.8) is 0 Å². The Morgan fingerprint density at radius 2 is 2.11 bits per heavy atom. The third-order valence-corrected chi connectivity index (χ3v) is 3.12. The van der Waals surface area contributed by atoms with E-state index < -0.39 is 0 Å². The van der Waals surface area contributed by atoms with Crippen molar-refractivity contribution in [1.82, 2.24) is 4.98 Å². The lowest BCUT2D eigenvalue weighted by molar-refractivity contribution is 0.254. The summed E-state index contributed by atoms with van der Waals surface area (Å²) in [6.07, 6.45) is 5.93. The third kappa shape index (κ3) is 2.73. The first kappa shape index (κ1) is 12.7. The molecular weight excluding hydrogens is 224 g/mol. The molecule has 0 amide bonds. The lowest BCUT2D eigenvalue weighted by atomic mass is 10.1. The highest BCUT2D eigenvalue weighted by molar-refractivity contribution is 5.96. The lowest BCUT2D eigenvalue weighted by Gasteiger charge is -2.14. The van der Waals surface area contributed by atoms with Crippen molar-refractivity contribution in [3.8, 4) is 5.75 Å². The summed E-state index contributed by atoms with van der Waals surface area (Å²) in [7, 11) is 0. The molecule has 1 heterocycles. The van der Waals surface area contributed by atoms with E-state index in [0.717, 1.165) is 28.8 Å². The van der Waals surface area contributed by atoms with E-state index in [0.29, 0.717) is 5.92 Å². The van der Waals surface area contributed by atoms with E-state index in [-0.39, 0.29) is 0 Å². The maximum atomic E-state index is 5.93. The average molecular weight is 244 g/mol. The molecule has 0 saturated carbocycles. The SMILES string of the molecule is CCCC(C)COc1ccc(N)c2cnccc12. The molecule has 3 heteroatoms. The third-order valence-electron chi connectivity index (χ3n) is 3.12. The topological polar surface area (TPSA) is 48.1 Å². The molecule has 0 aliphatic heterocycles. The van der Waals surface area contributed by atoms with E-state index in [4.69, 9.17) is 10.5 Å². The Bertz CT molecular complexity index is 525. The Kier molecular flexibility index (Phi) is 4.03. The fourth-order valence-corrected chi connectivity index (χ4v) is 2.12. The number of nitrogens with two attached hydrogens (primary N) is 1.